The fraction of sp³-hybridized carbons (Fsp3) is 0.226. The quantitative estimate of drug-likeness (QED) is 0.201. The molecule has 3 nitrogen and oxygen atoms in total. The minimum absolute atomic E-state index is 0.737. The van der Waals surface area contributed by atoms with Gasteiger partial charge in [0.15, 0.2) is 0 Å². The van der Waals surface area contributed by atoms with E-state index in [1.54, 1.807) is 19.9 Å². The van der Waals surface area contributed by atoms with Crippen molar-refractivity contribution in [2.75, 3.05) is 0 Å². The summed E-state index contributed by atoms with van der Waals surface area (Å²) in [4.78, 5) is 1.02. The number of fused-ring (bicyclic) bond motifs is 3. The molecule has 4 aromatic rings. The molecule has 180 valence electrons. The molecule has 4 heteroatoms. The van der Waals surface area contributed by atoms with E-state index in [0.29, 0.717) is 0 Å². The van der Waals surface area contributed by atoms with Crippen LogP contribution in [-0.2, 0) is 4.18 Å². The van der Waals surface area contributed by atoms with E-state index in [9.17, 15) is 5.11 Å². The van der Waals surface area contributed by atoms with E-state index in [-0.39, 0.29) is 0 Å². The van der Waals surface area contributed by atoms with Crippen LogP contribution < -0.4 is 0 Å². The van der Waals surface area contributed by atoms with Gasteiger partial charge in [-0.25, -0.2) is 0 Å². The Morgan fingerprint density at radius 2 is 1.69 bits per heavy atom. The maximum absolute atomic E-state index is 10.6. The number of rotatable bonds is 8. The Morgan fingerprint density at radius 3 is 2.37 bits per heavy atom. The highest BCUT2D eigenvalue weighted by Crippen LogP contribution is 2.41. The Labute approximate surface area is 212 Å². The largest absolute Gasteiger partial charge is 0.387 e. The average Bonchev–Trinajstić information content (AvgIpc) is 3.17. The van der Waals surface area contributed by atoms with Gasteiger partial charge in [-0.15, -0.1) is 0 Å². The predicted molar refractivity (Wildman–Crippen MR) is 151 cm³/mol. The molecule has 0 saturated carbocycles. The van der Waals surface area contributed by atoms with Gasteiger partial charge in [-0.1, -0.05) is 61.2 Å². The molecule has 0 atom stereocenters. The van der Waals surface area contributed by atoms with Gasteiger partial charge in [0.25, 0.3) is 0 Å². The summed E-state index contributed by atoms with van der Waals surface area (Å²) in [7, 11) is 0. The minimum Gasteiger partial charge on any atom is -0.387 e. The molecule has 0 radical (unpaired) electrons. The SMILES string of the molecule is C=CC=CC=C(C)c1ccc2c(c1)c1c(SOC(C)(C)C(C)(C)O)cccc1n2-c1ccccc1. The lowest BCUT2D eigenvalue weighted by atomic mass is 9.90. The Bertz CT molecular complexity index is 1420. The van der Waals surface area contributed by atoms with Crippen LogP contribution in [0.4, 0.5) is 0 Å². The lowest BCUT2D eigenvalue weighted by Gasteiger charge is -2.35. The van der Waals surface area contributed by atoms with Crippen LogP contribution in [-0.4, -0.2) is 20.9 Å². The maximum atomic E-state index is 10.6. The van der Waals surface area contributed by atoms with Crippen molar-refractivity contribution in [1.29, 1.82) is 0 Å². The van der Waals surface area contributed by atoms with E-state index in [1.165, 1.54) is 17.6 Å². The van der Waals surface area contributed by atoms with Crippen molar-refractivity contribution in [3.05, 3.63) is 103 Å². The van der Waals surface area contributed by atoms with Crippen LogP contribution in [0, 0.1) is 0 Å². The van der Waals surface area contributed by atoms with Gasteiger partial charge in [0.1, 0.15) is 5.60 Å². The third-order valence-electron chi connectivity index (χ3n) is 6.63. The summed E-state index contributed by atoms with van der Waals surface area (Å²) in [5.74, 6) is 0. The first-order valence-corrected chi connectivity index (χ1v) is 12.6. The Balaban J connectivity index is 1.94. The zero-order valence-electron chi connectivity index (χ0n) is 21.1. The third kappa shape index (κ3) is 5.01. The van der Waals surface area contributed by atoms with E-state index in [1.807, 2.05) is 32.1 Å². The molecule has 35 heavy (non-hydrogen) atoms. The van der Waals surface area contributed by atoms with Crippen molar-refractivity contribution in [2.45, 2.75) is 50.7 Å². The standard InChI is InChI=1S/C31H33NO2S/c1-7-8-10-14-22(2)23-19-20-26-25(21-23)29-27(32(26)24-15-11-9-12-16-24)17-13-18-28(29)35-34-31(5,6)30(3,4)33/h7-21,33H,1H2,2-6H3. The normalized spacial score (nSPS) is 13.3. The van der Waals surface area contributed by atoms with Crippen LogP contribution >= 0.6 is 12.0 Å². The summed E-state index contributed by atoms with van der Waals surface area (Å²) < 4.78 is 8.52. The summed E-state index contributed by atoms with van der Waals surface area (Å²) in [6.45, 7) is 13.2. The fourth-order valence-electron chi connectivity index (χ4n) is 3.83. The van der Waals surface area contributed by atoms with Crippen molar-refractivity contribution >= 4 is 39.4 Å². The second-order valence-corrected chi connectivity index (χ2v) is 10.5. The van der Waals surface area contributed by atoms with E-state index >= 15 is 0 Å². The number of benzene rings is 3. The minimum atomic E-state index is -0.986. The summed E-state index contributed by atoms with van der Waals surface area (Å²) in [5, 5.41) is 12.9. The van der Waals surface area contributed by atoms with Crippen molar-refractivity contribution in [2.24, 2.45) is 0 Å². The van der Waals surface area contributed by atoms with Crippen molar-refractivity contribution < 1.29 is 9.29 Å². The zero-order valence-corrected chi connectivity index (χ0v) is 21.9. The fourth-order valence-corrected chi connectivity index (χ4v) is 4.77. The highest BCUT2D eigenvalue weighted by Gasteiger charge is 2.37. The van der Waals surface area contributed by atoms with Crippen LogP contribution in [0.25, 0.3) is 33.1 Å². The highest BCUT2D eigenvalue weighted by molar-refractivity contribution is 7.95. The van der Waals surface area contributed by atoms with Gasteiger partial charge in [-0.2, -0.15) is 0 Å². The molecular weight excluding hydrogens is 450 g/mol. The number of nitrogens with zero attached hydrogens (tertiary/aromatic N) is 1. The van der Waals surface area contributed by atoms with Gasteiger partial charge in [0, 0.05) is 33.4 Å². The van der Waals surface area contributed by atoms with Gasteiger partial charge in [-0.05, 0) is 82.2 Å². The topological polar surface area (TPSA) is 34.4 Å². The number of aliphatic hydroxyl groups is 1. The van der Waals surface area contributed by atoms with Gasteiger partial charge in [-0.3, -0.25) is 0 Å². The molecule has 0 amide bonds. The lowest BCUT2D eigenvalue weighted by molar-refractivity contribution is -0.0813. The molecule has 0 spiro atoms. The maximum Gasteiger partial charge on any atom is 0.106 e. The Kier molecular flexibility index (Phi) is 7.09. The molecule has 0 aliphatic heterocycles. The van der Waals surface area contributed by atoms with E-state index in [0.717, 1.165) is 38.0 Å². The predicted octanol–water partition coefficient (Wildman–Crippen LogP) is 8.50. The molecule has 0 aliphatic rings. The lowest BCUT2D eigenvalue weighted by Crippen LogP contribution is -2.45. The molecule has 0 bridgehead atoms. The third-order valence-corrected chi connectivity index (χ3v) is 7.65. The summed E-state index contributed by atoms with van der Waals surface area (Å²) in [6, 6.07) is 23.4. The first-order valence-electron chi connectivity index (χ1n) is 11.8. The summed E-state index contributed by atoms with van der Waals surface area (Å²) in [5.41, 5.74) is 3.98. The number of para-hydroxylation sites is 1. The summed E-state index contributed by atoms with van der Waals surface area (Å²) in [6.07, 6.45) is 7.82. The zero-order chi connectivity index (χ0) is 25.2. The molecule has 1 heterocycles. The van der Waals surface area contributed by atoms with E-state index < -0.39 is 11.2 Å². The molecule has 0 unspecified atom stereocenters. The molecule has 0 aliphatic carbocycles. The average molecular weight is 484 g/mol. The van der Waals surface area contributed by atoms with Crippen molar-refractivity contribution in [1.82, 2.24) is 4.57 Å². The summed E-state index contributed by atoms with van der Waals surface area (Å²) >= 11 is 1.33. The van der Waals surface area contributed by atoms with Crippen LogP contribution in [0.1, 0.15) is 40.2 Å². The van der Waals surface area contributed by atoms with Gasteiger partial charge < -0.3 is 13.9 Å². The van der Waals surface area contributed by atoms with Gasteiger partial charge in [0.2, 0.25) is 0 Å². The number of allylic oxidation sites excluding steroid dienone is 5. The number of hydrogen-bond acceptors (Lipinski definition) is 3. The highest BCUT2D eigenvalue weighted by atomic mass is 32.2. The van der Waals surface area contributed by atoms with Crippen LogP contribution in [0.3, 0.4) is 0 Å². The number of aromatic nitrogens is 1. The molecular formula is C31H33NO2S. The van der Waals surface area contributed by atoms with Crippen molar-refractivity contribution in [3.8, 4) is 5.69 Å². The smallest absolute Gasteiger partial charge is 0.106 e. The number of hydrogen-bond donors (Lipinski definition) is 1. The molecule has 3 aromatic carbocycles. The first kappa shape index (κ1) is 25.1. The molecule has 1 aromatic heterocycles. The first-order chi connectivity index (χ1) is 16.6. The Hall–Kier alpha value is -3.05. The second-order valence-electron chi connectivity index (χ2n) is 9.76. The van der Waals surface area contributed by atoms with Crippen LogP contribution in [0.15, 0.2) is 103 Å². The Morgan fingerprint density at radius 1 is 0.943 bits per heavy atom. The second kappa shape index (κ2) is 9.90. The van der Waals surface area contributed by atoms with Crippen LogP contribution in [0.5, 0.6) is 0 Å². The monoisotopic (exact) mass is 483 g/mol. The van der Waals surface area contributed by atoms with Gasteiger partial charge in [0.05, 0.1) is 16.6 Å². The molecule has 0 fully saturated rings. The molecule has 4 rings (SSSR count). The van der Waals surface area contributed by atoms with E-state index in [2.05, 4.69) is 84.8 Å². The van der Waals surface area contributed by atoms with Gasteiger partial charge >= 0.3 is 0 Å². The molecule has 0 saturated heterocycles. The van der Waals surface area contributed by atoms with Crippen molar-refractivity contribution in [3.63, 3.8) is 0 Å². The van der Waals surface area contributed by atoms with Crippen LogP contribution in [0.2, 0.25) is 0 Å². The van der Waals surface area contributed by atoms with E-state index in [4.69, 9.17) is 4.18 Å². The molecule has 1 N–H and O–H groups in total.